The van der Waals surface area contributed by atoms with Crippen LogP contribution in [0.1, 0.15) is 5.56 Å². The molecule has 0 saturated heterocycles. The zero-order chi connectivity index (χ0) is 14.7. The summed E-state index contributed by atoms with van der Waals surface area (Å²) in [6.45, 7) is 0.204. The van der Waals surface area contributed by atoms with Crippen LogP contribution in [0.25, 0.3) is 5.69 Å². The van der Waals surface area contributed by atoms with Crippen LogP contribution in [0.5, 0.6) is 0 Å². The third kappa shape index (κ3) is 3.05. The molecule has 6 heteroatoms. The van der Waals surface area contributed by atoms with Gasteiger partial charge in [0, 0.05) is 17.8 Å². The fraction of sp³-hybridized carbons (Fsp3) is 0.0667. The van der Waals surface area contributed by atoms with E-state index >= 15 is 0 Å². The molecule has 3 aromatic rings. The lowest BCUT2D eigenvalue weighted by Gasteiger charge is -2.09. The van der Waals surface area contributed by atoms with Crippen molar-refractivity contribution in [2.75, 3.05) is 5.32 Å². The maximum atomic E-state index is 13.5. The molecule has 21 heavy (non-hydrogen) atoms. The molecular weight excluding hydrogens is 274 g/mol. The van der Waals surface area contributed by atoms with Gasteiger partial charge in [-0.25, -0.2) is 8.78 Å². The maximum Gasteiger partial charge on any atom is 0.128 e. The lowest BCUT2D eigenvalue weighted by Crippen LogP contribution is -2.03. The largest absolute Gasteiger partial charge is 0.381 e. The van der Waals surface area contributed by atoms with Crippen LogP contribution in [-0.2, 0) is 6.54 Å². The summed E-state index contributed by atoms with van der Waals surface area (Å²) in [6, 6.07) is 10.9. The van der Waals surface area contributed by atoms with Gasteiger partial charge >= 0.3 is 0 Å². The number of benzene rings is 2. The predicted molar refractivity (Wildman–Crippen MR) is 75.0 cm³/mol. The van der Waals surface area contributed by atoms with Gasteiger partial charge in [-0.3, -0.25) is 4.57 Å². The van der Waals surface area contributed by atoms with Crippen LogP contribution in [0.3, 0.4) is 0 Å². The van der Waals surface area contributed by atoms with Gasteiger partial charge in [0.2, 0.25) is 0 Å². The highest BCUT2D eigenvalue weighted by Crippen LogP contribution is 2.16. The van der Waals surface area contributed by atoms with Gasteiger partial charge in [0.05, 0.1) is 5.69 Å². The molecule has 0 aliphatic heterocycles. The summed E-state index contributed by atoms with van der Waals surface area (Å²) in [6.07, 6.45) is 3.18. The van der Waals surface area contributed by atoms with Crippen molar-refractivity contribution in [2.24, 2.45) is 0 Å². The normalized spacial score (nSPS) is 10.6. The van der Waals surface area contributed by atoms with Crippen LogP contribution in [0.4, 0.5) is 14.5 Å². The molecule has 2 aromatic carbocycles. The van der Waals surface area contributed by atoms with Crippen LogP contribution in [-0.4, -0.2) is 14.8 Å². The summed E-state index contributed by atoms with van der Waals surface area (Å²) in [7, 11) is 0. The summed E-state index contributed by atoms with van der Waals surface area (Å²) >= 11 is 0. The predicted octanol–water partition coefficient (Wildman–Crippen LogP) is 3.16. The Labute approximate surface area is 120 Å². The second-order valence-electron chi connectivity index (χ2n) is 4.51. The first-order valence-electron chi connectivity index (χ1n) is 6.35. The standard InChI is InChI=1S/C15H12F2N4/c16-12-4-5-15(17)11(6-12)8-18-13-2-1-3-14(7-13)21-9-19-20-10-21/h1-7,9-10,18H,8H2. The van der Waals surface area contributed by atoms with E-state index in [4.69, 9.17) is 0 Å². The highest BCUT2D eigenvalue weighted by atomic mass is 19.1. The number of aromatic nitrogens is 3. The Morgan fingerprint density at radius 1 is 1.00 bits per heavy atom. The molecule has 3 rings (SSSR count). The fourth-order valence-electron chi connectivity index (χ4n) is 1.99. The molecule has 0 aliphatic rings. The van der Waals surface area contributed by atoms with E-state index in [2.05, 4.69) is 15.5 Å². The first-order valence-corrected chi connectivity index (χ1v) is 6.35. The summed E-state index contributed by atoms with van der Waals surface area (Å²) < 4.78 is 28.4. The van der Waals surface area contributed by atoms with Gasteiger partial charge in [-0.2, -0.15) is 0 Å². The molecule has 0 unspecified atom stereocenters. The summed E-state index contributed by atoms with van der Waals surface area (Å²) in [5, 5.41) is 10.6. The van der Waals surface area contributed by atoms with Crippen molar-refractivity contribution < 1.29 is 8.78 Å². The van der Waals surface area contributed by atoms with Gasteiger partial charge in [0.15, 0.2) is 0 Å². The van der Waals surface area contributed by atoms with Crippen molar-refractivity contribution in [1.29, 1.82) is 0 Å². The monoisotopic (exact) mass is 286 g/mol. The van der Waals surface area contributed by atoms with Gasteiger partial charge in [0.25, 0.3) is 0 Å². The molecule has 0 fully saturated rings. The van der Waals surface area contributed by atoms with E-state index < -0.39 is 11.6 Å². The van der Waals surface area contributed by atoms with Crippen LogP contribution in [0.2, 0.25) is 0 Å². The number of nitrogens with one attached hydrogen (secondary N) is 1. The smallest absolute Gasteiger partial charge is 0.128 e. The number of halogens is 2. The van der Waals surface area contributed by atoms with Crippen molar-refractivity contribution in [3.63, 3.8) is 0 Å². The average Bonchev–Trinajstić information content (AvgIpc) is 3.03. The van der Waals surface area contributed by atoms with Crippen molar-refractivity contribution in [2.45, 2.75) is 6.54 Å². The summed E-state index contributed by atoms with van der Waals surface area (Å²) in [4.78, 5) is 0. The third-order valence-corrected chi connectivity index (χ3v) is 3.05. The number of hydrogen-bond donors (Lipinski definition) is 1. The van der Waals surface area contributed by atoms with Crippen LogP contribution in [0, 0.1) is 11.6 Å². The fourth-order valence-corrected chi connectivity index (χ4v) is 1.99. The zero-order valence-corrected chi connectivity index (χ0v) is 11.0. The lowest BCUT2D eigenvalue weighted by molar-refractivity contribution is 0.587. The minimum absolute atomic E-state index is 0.204. The first kappa shape index (κ1) is 13.2. The van der Waals surface area contributed by atoms with E-state index in [-0.39, 0.29) is 12.1 Å². The topological polar surface area (TPSA) is 42.7 Å². The van der Waals surface area contributed by atoms with Gasteiger partial charge in [0.1, 0.15) is 24.3 Å². The molecule has 106 valence electrons. The third-order valence-electron chi connectivity index (χ3n) is 3.05. The molecule has 0 amide bonds. The second-order valence-corrected chi connectivity index (χ2v) is 4.51. The Balaban J connectivity index is 1.76. The first-order chi connectivity index (χ1) is 10.2. The van der Waals surface area contributed by atoms with Gasteiger partial charge in [-0.1, -0.05) is 6.07 Å². The summed E-state index contributed by atoms with van der Waals surface area (Å²) in [5.74, 6) is -0.884. The average molecular weight is 286 g/mol. The molecule has 0 radical (unpaired) electrons. The number of nitrogens with zero attached hydrogens (tertiary/aromatic N) is 3. The highest BCUT2D eigenvalue weighted by molar-refractivity contribution is 5.51. The van der Waals surface area contributed by atoms with E-state index in [1.807, 2.05) is 24.3 Å². The van der Waals surface area contributed by atoms with Crippen molar-refractivity contribution in [3.8, 4) is 5.69 Å². The Bertz CT molecular complexity index is 741. The minimum atomic E-state index is -0.452. The second kappa shape index (κ2) is 5.70. The van der Waals surface area contributed by atoms with Gasteiger partial charge < -0.3 is 5.32 Å². The summed E-state index contributed by atoms with van der Waals surface area (Å²) in [5.41, 5.74) is 1.96. The molecule has 4 nitrogen and oxygen atoms in total. The Morgan fingerprint density at radius 3 is 2.62 bits per heavy atom. The Morgan fingerprint density at radius 2 is 1.81 bits per heavy atom. The molecule has 0 aliphatic carbocycles. The van der Waals surface area contributed by atoms with Crippen molar-refractivity contribution in [1.82, 2.24) is 14.8 Å². The molecule has 1 aromatic heterocycles. The molecule has 1 N–H and O–H groups in total. The molecule has 0 saturated carbocycles. The SMILES string of the molecule is Fc1ccc(F)c(CNc2cccc(-n3cnnc3)c2)c1. The maximum absolute atomic E-state index is 13.5. The molecule has 0 atom stereocenters. The lowest BCUT2D eigenvalue weighted by atomic mass is 10.2. The van der Waals surface area contributed by atoms with Crippen LogP contribution in [0.15, 0.2) is 55.1 Å². The number of rotatable bonds is 4. The quantitative estimate of drug-likeness (QED) is 0.801. The Kier molecular flexibility index (Phi) is 3.59. The Hall–Kier alpha value is -2.76. The van der Waals surface area contributed by atoms with Crippen molar-refractivity contribution >= 4 is 5.69 Å². The highest BCUT2D eigenvalue weighted by Gasteiger charge is 2.04. The van der Waals surface area contributed by atoms with E-state index in [1.165, 1.54) is 6.07 Å². The van der Waals surface area contributed by atoms with E-state index in [0.717, 1.165) is 23.5 Å². The van der Waals surface area contributed by atoms with E-state index in [1.54, 1.807) is 17.2 Å². The number of anilines is 1. The van der Waals surface area contributed by atoms with Gasteiger partial charge in [-0.15, -0.1) is 10.2 Å². The number of hydrogen-bond acceptors (Lipinski definition) is 3. The molecule has 0 bridgehead atoms. The van der Waals surface area contributed by atoms with Crippen LogP contribution >= 0.6 is 0 Å². The molecule has 1 heterocycles. The van der Waals surface area contributed by atoms with Crippen LogP contribution < -0.4 is 5.32 Å². The van der Waals surface area contributed by atoms with Crippen molar-refractivity contribution in [3.05, 3.63) is 72.3 Å². The van der Waals surface area contributed by atoms with E-state index in [9.17, 15) is 8.78 Å². The molecular formula is C15H12F2N4. The minimum Gasteiger partial charge on any atom is -0.381 e. The van der Waals surface area contributed by atoms with Gasteiger partial charge in [-0.05, 0) is 36.4 Å². The zero-order valence-electron chi connectivity index (χ0n) is 11.0. The van der Waals surface area contributed by atoms with E-state index in [0.29, 0.717) is 0 Å². The molecule has 0 spiro atoms.